The average Bonchev–Trinajstić information content (AvgIpc) is 2.71. The van der Waals surface area contributed by atoms with Gasteiger partial charge in [0, 0.05) is 18.7 Å². The third kappa shape index (κ3) is 5.35. The minimum Gasteiger partial charge on any atom is -0.497 e. The molecule has 0 radical (unpaired) electrons. The van der Waals surface area contributed by atoms with E-state index in [4.69, 9.17) is 9.47 Å². The van der Waals surface area contributed by atoms with Crippen molar-refractivity contribution in [1.82, 2.24) is 5.32 Å². The summed E-state index contributed by atoms with van der Waals surface area (Å²) in [7, 11) is 1.62. The molecule has 150 valence electrons. The maximum Gasteiger partial charge on any atom is 0.251 e. The number of hydrogen-bond acceptors (Lipinski definition) is 3. The van der Waals surface area contributed by atoms with Crippen molar-refractivity contribution in [3.05, 3.63) is 65.7 Å². The topological polar surface area (TPSA) is 47.6 Å². The second kappa shape index (κ2) is 9.24. The fourth-order valence-electron chi connectivity index (χ4n) is 4.18. The van der Waals surface area contributed by atoms with Crippen molar-refractivity contribution in [1.29, 1.82) is 0 Å². The summed E-state index contributed by atoms with van der Waals surface area (Å²) in [4.78, 5) is 12.5. The Morgan fingerprint density at radius 1 is 1.18 bits per heavy atom. The van der Waals surface area contributed by atoms with Gasteiger partial charge in [0.2, 0.25) is 0 Å². The third-order valence-electron chi connectivity index (χ3n) is 5.63. The molecule has 1 amide bonds. The minimum absolute atomic E-state index is 0.0400. The summed E-state index contributed by atoms with van der Waals surface area (Å²) < 4.78 is 11.1. The quantitative estimate of drug-likeness (QED) is 0.749. The number of nitrogens with one attached hydrogen (secondary N) is 1. The van der Waals surface area contributed by atoms with Crippen molar-refractivity contribution in [2.45, 2.75) is 44.6 Å². The number of rotatable bonds is 7. The Morgan fingerprint density at radius 2 is 1.89 bits per heavy atom. The zero-order chi connectivity index (χ0) is 20.0. The van der Waals surface area contributed by atoms with E-state index in [0.29, 0.717) is 23.9 Å². The van der Waals surface area contributed by atoms with Crippen LogP contribution in [-0.4, -0.2) is 31.8 Å². The normalized spacial score (nSPS) is 19.6. The predicted octanol–water partition coefficient (Wildman–Crippen LogP) is 4.80. The minimum atomic E-state index is -0.0811. The van der Waals surface area contributed by atoms with Gasteiger partial charge in [0.15, 0.2) is 0 Å². The molecule has 0 unspecified atom stereocenters. The number of carbonyl (C=O) groups excluding carboxylic acids is 1. The maximum absolute atomic E-state index is 12.5. The Morgan fingerprint density at radius 3 is 2.54 bits per heavy atom. The molecule has 0 saturated carbocycles. The summed E-state index contributed by atoms with van der Waals surface area (Å²) in [6.45, 7) is 5.81. The monoisotopic (exact) mass is 381 g/mol. The van der Waals surface area contributed by atoms with Crippen LogP contribution in [0, 0.1) is 5.92 Å². The number of amides is 1. The van der Waals surface area contributed by atoms with Crippen LogP contribution in [0.1, 0.15) is 54.9 Å². The number of carbonyl (C=O) groups is 1. The highest BCUT2D eigenvalue weighted by Gasteiger charge is 2.33. The van der Waals surface area contributed by atoms with Gasteiger partial charge in [-0.3, -0.25) is 4.79 Å². The molecule has 4 nitrogen and oxygen atoms in total. The Bertz CT molecular complexity index is 755. The van der Waals surface area contributed by atoms with Crippen molar-refractivity contribution in [3.63, 3.8) is 0 Å². The Kier molecular flexibility index (Phi) is 6.74. The van der Waals surface area contributed by atoms with Crippen LogP contribution in [0.15, 0.2) is 54.6 Å². The molecular weight excluding hydrogens is 350 g/mol. The van der Waals surface area contributed by atoms with Gasteiger partial charge < -0.3 is 14.8 Å². The zero-order valence-corrected chi connectivity index (χ0v) is 17.1. The summed E-state index contributed by atoms with van der Waals surface area (Å²) in [5, 5.41) is 3.09. The van der Waals surface area contributed by atoms with Crippen LogP contribution >= 0.6 is 0 Å². The highest BCUT2D eigenvalue weighted by atomic mass is 16.5. The zero-order valence-electron chi connectivity index (χ0n) is 17.1. The van der Waals surface area contributed by atoms with Crippen LogP contribution in [-0.2, 0) is 4.74 Å². The number of hydrogen-bond donors (Lipinski definition) is 1. The SMILES string of the molecule is COc1ccc(C(=O)NCC[C@@H](c2ccccc2)[C@H]2CCOC(C)(C)C2)cc1. The van der Waals surface area contributed by atoms with Gasteiger partial charge in [-0.25, -0.2) is 0 Å². The smallest absolute Gasteiger partial charge is 0.251 e. The van der Waals surface area contributed by atoms with Crippen LogP contribution in [0.5, 0.6) is 5.75 Å². The summed E-state index contributed by atoms with van der Waals surface area (Å²) in [6.07, 6.45) is 3.03. The molecule has 1 N–H and O–H groups in total. The number of methoxy groups -OCH3 is 1. The first-order valence-corrected chi connectivity index (χ1v) is 10.1. The molecule has 2 aromatic carbocycles. The molecular formula is C24H31NO3. The fourth-order valence-corrected chi connectivity index (χ4v) is 4.18. The molecule has 28 heavy (non-hydrogen) atoms. The van der Waals surface area contributed by atoms with Crippen LogP contribution in [0.2, 0.25) is 0 Å². The summed E-state index contributed by atoms with van der Waals surface area (Å²) in [6, 6.07) is 17.9. The first kappa shape index (κ1) is 20.4. The van der Waals surface area contributed by atoms with Crippen LogP contribution in [0.25, 0.3) is 0 Å². The molecule has 0 aliphatic carbocycles. The fraction of sp³-hybridized carbons (Fsp3) is 0.458. The van der Waals surface area contributed by atoms with Crippen LogP contribution in [0.3, 0.4) is 0 Å². The van der Waals surface area contributed by atoms with E-state index in [2.05, 4.69) is 49.5 Å². The Hall–Kier alpha value is -2.33. The van der Waals surface area contributed by atoms with Gasteiger partial charge in [-0.15, -0.1) is 0 Å². The molecule has 4 heteroatoms. The molecule has 2 aromatic rings. The predicted molar refractivity (Wildman–Crippen MR) is 112 cm³/mol. The van der Waals surface area contributed by atoms with Crippen molar-refractivity contribution < 1.29 is 14.3 Å². The van der Waals surface area contributed by atoms with Crippen molar-refractivity contribution in [2.75, 3.05) is 20.3 Å². The lowest BCUT2D eigenvalue weighted by Crippen LogP contribution is -2.37. The Labute approximate surface area is 168 Å². The van der Waals surface area contributed by atoms with Gasteiger partial charge in [0.1, 0.15) is 5.75 Å². The van der Waals surface area contributed by atoms with E-state index < -0.39 is 0 Å². The van der Waals surface area contributed by atoms with E-state index >= 15 is 0 Å². The van der Waals surface area contributed by atoms with Gasteiger partial charge in [0.05, 0.1) is 12.7 Å². The van der Waals surface area contributed by atoms with E-state index in [1.807, 2.05) is 12.1 Å². The van der Waals surface area contributed by atoms with Gasteiger partial charge in [0.25, 0.3) is 5.91 Å². The molecule has 0 aromatic heterocycles. The van der Waals surface area contributed by atoms with E-state index in [-0.39, 0.29) is 11.5 Å². The van der Waals surface area contributed by atoms with Crippen LogP contribution in [0.4, 0.5) is 0 Å². The largest absolute Gasteiger partial charge is 0.497 e. The first-order chi connectivity index (χ1) is 13.5. The molecule has 0 spiro atoms. The molecule has 0 bridgehead atoms. The molecule has 1 fully saturated rings. The third-order valence-corrected chi connectivity index (χ3v) is 5.63. The van der Waals surface area contributed by atoms with Gasteiger partial charge in [-0.1, -0.05) is 30.3 Å². The van der Waals surface area contributed by atoms with E-state index in [1.54, 1.807) is 19.2 Å². The highest BCUT2D eigenvalue weighted by molar-refractivity contribution is 5.94. The molecule has 1 saturated heterocycles. The van der Waals surface area contributed by atoms with Gasteiger partial charge in [-0.2, -0.15) is 0 Å². The summed E-state index contributed by atoms with van der Waals surface area (Å²) >= 11 is 0. The molecule has 2 atom stereocenters. The van der Waals surface area contributed by atoms with Gasteiger partial charge >= 0.3 is 0 Å². The van der Waals surface area contributed by atoms with Crippen molar-refractivity contribution in [2.24, 2.45) is 5.92 Å². The standard InChI is InChI=1S/C24H31NO3/c1-24(2)17-20(14-16-28-24)22(18-7-5-4-6-8-18)13-15-25-23(26)19-9-11-21(27-3)12-10-19/h4-12,20,22H,13-17H2,1-3H3,(H,25,26)/t20-,22-/m0/s1. The second-order valence-electron chi connectivity index (χ2n) is 8.15. The molecule has 1 aliphatic rings. The molecule has 1 heterocycles. The lowest BCUT2D eigenvalue weighted by atomic mass is 9.75. The lowest BCUT2D eigenvalue weighted by molar-refractivity contribution is -0.0771. The average molecular weight is 382 g/mol. The van der Waals surface area contributed by atoms with E-state index in [1.165, 1.54) is 5.56 Å². The van der Waals surface area contributed by atoms with Crippen molar-refractivity contribution >= 4 is 5.91 Å². The summed E-state index contributed by atoms with van der Waals surface area (Å²) in [5.74, 6) is 1.69. The van der Waals surface area contributed by atoms with Gasteiger partial charge in [-0.05, 0) is 74.8 Å². The molecule has 3 rings (SSSR count). The Balaban J connectivity index is 1.63. The summed E-state index contributed by atoms with van der Waals surface area (Å²) in [5.41, 5.74) is 1.93. The molecule has 1 aliphatic heterocycles. The van der Waals surface area contributed by atoms with E-state index in [9.17, 15) is 4.79 Å². The highest BCUT2D eigenvalue weighted by Crippen LogP contribution is 2.39. The van der Waals surface area contributed by atoms with Crippen molar-refractivity contribution in [3.8, 4) is 5.75 Å². The van der Waals surface area contributed by atoms with E-state index in [0.717, 1.165) is 31.6 Å². The lowest BCUT2D eigenvalue weighted by Gasteiger charge is -2.39. The maximum atomic E-state index is 12.5. The second-order valence-corrected chi connectivity index (χ2v) is 8.15. The number of ether oxygens (including phenoxy) is 2. The van der Waals surface area contributed by atoms with Crippen LogP contribution < -0.4 is 10.1 Å². The first-order valence-electron chi connectivity index (χ1n) is 10.1. The number of benzene rings is 2.